The number of anilines is 3. The van der Waals surface area contributed by atoms with Crippen molar-refractivity contribution in [3.8, 4) is 0 Å². The van der Waals surface area contributed by atoms with Crippen LogP contribution in [0.3, 0.4) is 0 Å². The second-order valence-corrected chi connectivity index (χ2v) is 7.03. The molecule has 2 amide bonds. The van der Waals surface area contributed by atoms with Crippen LogP contribution in [0.25, 0.3) is 0 Å². The third-order valence-corrected chi connectivity index (χ3v) is 4.64. The number of nitrogens with one attached hydrogen (secondary N) is 2. The highest BCUT2D eigenvalue weighted by Crippen LogP contribution is 2.24. The summed E-state index contributed by atoms with van der Waals surface area (Å²) >= 11 is 5.88. The monoisotopic (exact) mass is 437 g/mol. The lowest BCUT2D eigenvalue weighted by molar-refractivity contribution is -0.144. The van der Waals surface area contributed by atoms with Gasteiger partial charge in [0, 0.05) is 19.0 Å². The average molecular weight is 438 g/mol. The highest BCUT2D eigenvalue weighted by Gasteiger charge is 2.24. The van der Waals surface area contributed by atoms with Gasteiger partial charge < -0.3 is 27.1 Å². The molecular formula is C21H20ClN7O2. The van der Waals surface area contributed by atoms with Crippen molar-refractivity contribution in [2.24, 2.45) is 0 Å². The number of hydrogen-bond acceptors (Lipinski definition) is 7. The molecule has 0 spiro atoms. The Bertz CT molecular complexity index is 1100. The summed E-state index contributed by atoms with van der Waals surface area (Å²) in [5.41, 5.74) is 13.3. The second kappa shape index (κ2) is 9.68. The van der Waals surface area contributed by atoms with Crippen LogP contribution in [0.5, 0.6) is 0 Å². The van der Waals surface area contributed by atoms with Crippen molar-refractivity contribution in [2.45, 2.75) is 13.1 Å². The zero-order valence-electron chi connectivity index (χ0n) is 16.4. The third-order valence-electron chi connectivity index (χ3n) is 4.42. The number of hydrogen-bond donors (Lipinski definition) is 4. The van der Waals surface area contributed by atoms with E-state index in [9.17, 15) is 9.59 Å². The highest BCUT2D eigenvalue weighted by molar-refractivity contribution is 6.39. The molecule has 9 nitrogen and oxygen atoms in total. The predicted molar refractivity (Wildman–Crippen MR) is 120 cm³/mol. The molecular weight excluding hydrogens is 418 g/mol. The van der Waals surface area contributed by atoms with Gasteiger partial charge in [-0.2, -0.15) is 0 Å². The van der Waals surface area contributed by atoms with Crippen LogP contribution in [0.1, 0.15) is 16.8 Å². The molecule has 0 aliphatic rings. The van der Waals surface area contributed by atoms with Crippen molar-refractivity contribution in [1.29, 1.82) is 5.41 Å². The summed E-state index contributed by atoms with van der Waals surface area (Å²) in [5, 5.41) is 10.3. The first-order valence-corrected chi connectivity index (χ1v) is 9.56. The second-order valence-electron chi connectivity index (χ2n) is 6.60. The van der Waals surface area contributed by atoms with Crippen molar-refractivity contribution in [1.82, 2.24) is 14.9 Å². The van der Waals surface area contributed by atoms with Crippen LogP contribution in [0.15, 0.2) is 54.9 Å². The van der Waals surface area contributed by atoms with Gasteiger partial charge in [0.1, 0.15) is 5.82 Å². The van der Waals surface area contributed by atoms with Crippen molar-refractivity contribution >= 4 is 46.8 Å². The molecule has 0 radical (unpaired) electrons. The molecule has 0 atom stereocenters. The van der Waals surface area contributed by atoms with Gasteiger partial charge in [0.05, 0.1) is 40.4 Å². The van der Waals surface area contributed by atoms with Gasteiger partial charge in [-0.25, -0.2) is 4.98 Å². The summed E-state index contributed by atoms with van der Waals surface area (Å²) in [4.78, 5) is 35.2. The van der Waals surface area contributed by atoms with E-state index in [0.29, 0.717) is 10.7 Å². The molecule has 31 heavy (non-hydrogen) atoms. The van der Waals surface area contributed by atoms with E-state index < -0.39 is 11.8 Å². The van der Waals surface area contributed by atoms with Crippen LogP contribution < -0.4 is 16.8 Å². The number of nitrogens with zero attached hydrogens (tertiary/aromatic N) is 3. The van der Waals surface area contributed by atoms with Gasteiger partial charge in [0.25, 0.3) is 0 Å². The molecule has 2 aromatic heterocycles. The van der Waals surface area contributed by atoms with Crippen molar-refractivity contribution in [2.75, 3.05) is 16.8 Å². The first-order valence-electron chi connectivity index (χ1n) is 9.18. The average Bonchev–Trinajstić information content (AvgIpc) is 2.77. The largest absolute Gasteiger partial charge is 0.396 e. The molecule has 0 bridgehead atoms. The van der Waals surface area contributed by atoms with E-state index in [0.717, 1.165) is 11.8 Å². The first kappa shape index (κ1) is 21.7. The summed E-state index contributed by atoms with van der Waals surface area (Å²) in [6.07, 6.45) is 3.65. The standard InChI is InChI=1S/C21H20ClN7O2/c22-14-6-7-15(26-9-14)12-29(11-13-4-2-1-3-5-13)21(31)20(30)28-17-10-27-19(25)16(8-23)18(17)24/h1-10,23H,11-12H2,(H,28,30)(H4,24,25,27). The van der Waals surface area contributed by atoms with Crippen molar-refractivity contribution in [3.05, 3.63) is 76.7 Å². The maximum Gasteiger partial charge on any atom is 0.314 e. The van der Waals surface area contributed by atoms with Crippen LogP contribution in [-0.2, 0) is 22.7 Å². The fourth-order valence-electron chi connectivity index (χ4n) is 2.83. The zero-order valence-corrected chi connectivity index (χ0v) is 17.1. The number of nitrogens with two attached hydrogens (primary N) is 2. The molecule has 0 unspecified atom stereocenters. The number of amides is 2. The molecule has 0 aliphatic heterocycles. The van der Waals surface area contributed by atoms with Crippen LogP contribution in [0.2, 0.25) is 5.02 Å². The van der Waals surface area contributed by atoms with Crippen LogP contribution in [0, 0.1) is 5.41 Å². The molecule has 3 rings (SSSR count). The number of benzene rings is 1. The van der Waals surface area contributed by atoms with Gasteiger partial charge in [-0.1, -0.05) is 41.9 Å². The molecule has 2 heterocycles. The maximum absolute atomic E-state index is 13.0. The van der Waals surface area contributed by atoms with Crippen LogP contribution >= 0.6 is 11.6 Å². The fourth-order valence-corrected chi connectivity index (χ4v) is 2.94. The minimum absolute atomic E-state index is 0.0522. The van der Waals surface area contributed by atoms with Gasteiger partial charge >= 0.3 is 11.8 Å². The number of carbonyl (C=O) groups is 2. The number of pyridine rings is 2. The normalized spacial score (nSPS) is 10.4. The summed E-state index contributed by atoms with van der Waals surface area (Å²) < 4.78 is 0. The Balaban J connectivity index is 1.83. The Morgan fingerprint density at radius 1 is 1.06 bits per heavy atom. The Labute approximate surface area is 183 Å². The van der Waals surface area contributed by atoms with Gasteiger partial charge in [-0.3, -0.25) is 14.6 Å². The van der Waals surface area contributed by atoms with E-state index in [-0.39, 0.29) is 35.8 Å². The molecule has 3 aromatic rings. The molecule has 158 valence electrons. The van der Waals surface area contributed by atoms with E-state index in [1.54, 1.807) is 12.1 Å². The Morgan fingerprint density at radius 2 is 1.81 bits per heavy atom. The van der Waals surface area contributed by atoms with Crippen molar-refractivity contribution < 1.29 is 9.59 Å². The summed E-state index contributed by atoms with van der Waals surface area (Å²) in [6.45, 7) is 0.290. The van der Waals surface area contributed by atoms with Crippen molar-refractivity contribution in [3.63, 3.8) is 0 Å². The Hall–Kier alpha value is -3.98. The summed E-state index contributed by atoms with van der Waals surface area (Å²) in [7, 11) is 0. The predicted octanol–water partition coefficient (Wildman–Crippen LogP) is 2.46. The molecule has 0 fully saturated rings. The number of aromatic nitrogens is 2. The van der Waals surface area contributed by atoms with Gasteiger partial charge in [0.2, 0.25) is 0 Å². The van der Waals surface area contributed by atoms with Gasteiger partial charge in [-0.05, 0) is 17.7 Å². The number of nitrogen functional groups attached to an aromatic ring is 2. The molecule has 6 N–H and O–H groups in total. The van der Waals surface area contributed by atoms with E-state index in [1.165, 1.54) is 17.3 Å². The van der Waals surface area contributed by atoms with E-state index in [4.69, 9.17) is 28.5 Å². The maximum atomic E-state index is 13.0. The first-order chi connectivity index (χ1) is 14.9. The number of carbonyl (C=O) groups excluding carboxylic acids is 2. The fraction of sp³-hybridized carbons (Fsp3) is 0.0952. The van der Waals surface area contributed by atoms with Crippen LogP contribution in [-0.4, -0.2) is 32.9 Å². The third kappa shape index (κ3) is 5.34. The lowest BCUT2D eigenvalue weighted by Gasteiger charge is -2.22. The summed E-state index contributed by atoms with van der Waals surface area (Å²) in [5.74, 6) is -1.64. The lowest BCUT2D eigenvalue weighted by atomic mass is 10.2. The van der Waals surface area contributed by atoms with E-state index in [1.807, 2.05) is 30.3 Å². The zero-order chi connectivity index (χ0) is 22.4. The Morgan fingerprint density at radius 3 is 2.45 bits per heavy atom. The molecule has 0 saturated carbocycles. The SMILES string of the molecule is N=Cc1c(N)ncc(NC(=O)C(=O)N(Cc2ccccc2)Cc2ccc(Cl)cn2)c1N. The molecule has 1 aromatic carbocycles. The highest BCUT2D eigenvalue weighted by atomic mass is 35.5. The number of halogens is 1. The van der Waals surface area contributed by atoms with Gasteiger partial charge in [0.15, 0.2) is 0 Å². The van der Waals surface area contributed by atoms with Crippen LogP contribution in [0.4, 0.5) is 17.2 Å². The number of rotatable bonds is 6. The van der Waals surface area contributed by atoms with E-state index in [2.05, 4.69) is 15.3 Å². The van der Waals surface area contributed by atoms with E-state index >= 15 is 0 Å². The minimum Gasteiger partial charge on any atom is -0.396 e. The topological polar surface area (TPSA) is 151 Å². The Kier molecular flexibility index (Phi) is 6.78. The smallest absolute Gasteiger partial charge is 0.314 e. The summed E-state index contributed by atoms with van der Waals surface area (Å²) in [6, 6.07) is 12.6. The molecule has 10 heteroatoms. The molecule has 0 saturated heterocycles. The quantitative estimate of drug-likeness (QED) is 0.343. The van der Waals surface area contributed by atoms with Gasteiger partial charge in [-0.15, -0.1) is 0 Å². The lowest BCUT2D eigenvalue weighted by Crippen LogP contribution is -2.39. The minimum atomic E-state index is -0.904. The molecule has 0 aliphatic carbocycles.